The number of benzene rings is 1. The van der Waals surface area contributed by atoms with E-state index in [4.69, 9.17) is 0 Å². The lowest BCUT2D eigenvalue weighted by molar-refractivity contribution is -0.137. The van der Waals surface area contributed by atoms with Crippen molar-refractivity contribution in [2.75, 3.05) is 32.1 Å². The molecule has 1 aliphatic heterocycles. The normalized spacial score (nSPS) is 20.5. The first-order valence-corrected chi connectivity index (χ1v) is 14.2. The van der Waals surface area contributed by atoms with Crippen LogP contribution < -0.4 is 4.90 Å². The maximum atomic E-state index is 13.6. The van der Waals surface area contributed by atoms with Crippen LogP contribution in [0.15, 0.2) is 30.3 Å². The summed E-state index contributed by atoms with van der Waals surface area (Å²) in [7, 11) is 3.92. The van der Waals surface area contributed by atoms with Gasteiger partial charge in [0, 0.05) is 61.8 Å². The summed E-state index contributed by atoms with van der Waals surface area (Å²) in [6, 6.07) is 10.8. The van der Waals surface area contributed by atoms with Gasteiger partial charge < -0.3 is 14.7 Å². The minimum atomic E-state index is 0.0815. The molecule has 1 aromatic carbocycles. The Hall–Kier alpha value is -2.89. The van der Waals surface area contributed by atoms with E-state index in [1.165, 1.54) is 23.2 Å². The van der Waals surface area contributed by atoms with Gasteiger partial charge >= 0.3 is 0 Å². The molecule has 1 saturated carbocycles. The Morgan fingerprint density at radius 3 is 2.22 bits per heavy atom. The number of aryl methyl sites for hydroxylation is 3. The fourth-order valence-electron chi connectivity index (χ4n) is 6.78. The summed E-state index contributed by atoms with van der Waals surface area (Å²) >= 11 is 0. The number of pyridine rings is 1. The highest BCUT2D eigenvalue weighted by molar-refractivity contribution is 5.94. The second-order valence-corrected chi connectivity index (χ2v) is 11.5. The molecule has 0 radical (unpaired) electrons. The first-order valence-electron chi connectivity index (χ1n) is 14.2. The maximum Gasteiger partial charge on any atom is 0.253 e. The Bertz CT molecular complexity index is 1130. The predicted octanol–water partition coefficient (Wildman–Crippen LogP) is 5.47. The number of amides is 2. The number of fused-ring (bicyclic) bond motifs is 1. The second kappa shape index (κ2) is 10.8. The number of nitrogens with zero attached hydrogens (tertiary/aromatic N) is 4. The van der Waals surface area contributed by atoms with Crippen molar-refractivity contribution in [1.82, 2.24) is 14.8 Å². The van der Waals surface area contributed by atoms with Gasteiger partial charge in [-0.2, -0.15) is 0 Å². The van der Waals surface area contributed by atoms with Gasteiger partial charge in [-0.15, -0.1) is 0 Å². The fourth-order valence-corrected chi connectivity index (χ4v) is 6.78. The van der Waals surface area contributed by atoms with Crippen LogP contribution in [0.1, 0.15) is 90.3 Å². The molecule has 0 N–H and O–H groups in total. The minimum Gasteiger partial charge on any atom is -0.371 e. The summed E-state index contributed by atoms with van der Waals surface area (Å²) in [5, 5.41) is 0. The Kier molecular flexibility index (Phi) is 7.55. The summed E-state index contributed by atoms with van der Waals surface area (Å²) in [5.74, 6) is 0.547. The van der Waals surface area contributed by atoms with Crippen molar-refractivity contribution in [2.45, 2.75) is 83.7 Å². The predicted molar refractivity (Wildman–Crippen MR) is 148 cm³/mol. The molecule has 3 aliphatic rings. The number of rotatable bonds is 5. The largest absolute Gasteiger partial charge is 0.371 e. The zero-order valence-electron chi connectivity index (χ0n) is 23.0. The molecule has 2 heterocycles. The first kappa shape index (κ1) is 25.7. The molecule has 37 heavy (non-hydrogen) atoms. The molecule has 2 fully saturated rings. The van der Waals surface area contributed by atoms with E-state index in [0.717, 1.165) is 81.4 Å². The molecule has 0 bridgehead atoms. The number of carbonyl (C=O) groups is 2. The summed E-state index contributed by atoms with van der Waals surface area (Å²) in [6.45, 7) is 5.96. The van der Waals surface area contributed by atoms with E-state index in [2.05, 4.69) is 34.1 Å². The number of hydrogen-bond donors (Lipinski definition) is 0. The second-order valence-electron chi connectivity index (χ2n) is 11.5. The zero-order chi connectivity index (χ0) is 26.1. The van der Waals surface area contributed by atoms with E-state index in [1.54, 1.807) is 0 Å². The fraction of sp³-hybridized carbons (Fsp3) is 0.581. The molecule has 1 unspecified atom stereocenters. The standard InChI is InChI=1S/C31H42N4O2/c1-21-18-27(19-22(2)32-21)35-16-14-26(15-17-35)33(3)31(37)25-11-10-23-12-13-29(28(23)20-25)34(4)30(36)24-8-6-5-7-9-24/h10-11,18-20,24,26,29H,5-9,12-17H2,1-4H3. The van der Waals surface area contributed by atoms with Crippen LogP contribution in [0.5, 0.6) is 0 Å². The Morgan fingerprint density at radius 2 is 1.54 bits per heavy atom. The lowest BCUT2D eigenvalue weighted by Crippen LogP contribution is -2.45. The van der Waals surface area contributed by atoms with Crippen molar-refractivity contribution < 1.29 is 9.59 Å². The number of anilines is 1. The molecule has 198 valence electrons. The highest BCUT2D eigenvalue weighted by Gasteiger charge is 2.34. The molecule has 6 heteroatoms. The van der Waals surface area contributed by atoms with Crippen LogP contribution in [-0.2, 0) is 11.2 Å². The van der Waals surface area contributed by atoms with Gasteiger partial charge in [0.1, 0.15) is 0 Å². The third-order valence-corrected chi connectivity index (χ3v) is 8.97. The quantitative estimate of drug-likeness (QED) is 0.544. The third kappa shape index (κ3) is 5.39. The van der Waals surface area contributed by atoms with E-state index in [1.807, 2.05) is 43.8 Å². The molecule has 2 amide bonds. The van der Waals surface area contributed by atoms with Gasteiger partial charge in [0.05, 0.1) is 6.04 Å². The van der Waals surface area contributed by atoms with Gasteiger partial charge in [0.2, 0.25) is 5.91 Å². The Morgan fingerprint density at radius 1 is 0.865 bits per heavy atom. The highest BCUT2D eigenvalue weighted by Crippen LogP contribution is 2.38. The summed E-state index contributed by atoms with van der Waals surface area (Å²) in [4.78, 5) is 37.6. The molecule has 0 spiro atoms. The van der Waals surface area contributed by atoms with Crippen LogP contribution in [0.3, 0.4) is 0 Å². The number of piperidine rings is 1. The summed E-state index contributed by atoms with van der Waals surface area (Å²) < 4.78 is 0. The molecule has 1 saturated heterocycles. The van der Waals surface area contributed by atoms with E-state index in [-0.39, 0.29) is 29.8 Å². The first-order chi connectivity index (χ1) is 17.8. The Balaban J connectivity index is 1.24. The van der Waals surface area contributed by atoms with Crippen molar-refractivity contribution in [1.29, 1.82) is 0 Å². The molecule has 2 aliphatic carbocycles. The Labute approximate surface area is 222 Å². The molecule has 1 aromatic heterocycles. The van der Waals surface area contributed by atoms with Crippen LogP contribution in [0, 0.1) is 19.8 Å². The topological polar surface area (TPSA) is 56.8 Å². The van der Waals surface area contributed by atoms with Gasteiger partial charge in [-0.3, -0.25) is 14.6 Å². The molecular weight excluding hydrogens is 460 g/mol. The molecule has 2 aromatic rings. The van der Waals surface area contributed by atoms with Crippen LogP contribution >= 0.6 is 0 Å². The minimum absolute atomic E-state index is 0.0815. The number of carbonyl (C=O) groups excluding carboxylic acids is 2. The van der Waals surface area contributed by atoms with Crippen molar-refractivity contribution in [3.63, 3.8) is 0 Å². The van der Waals surface area contributed by atoms with Gasteiger partial charge in [-0.25, -0.2) is 0 Å². The summed E-state index contributed by atoms with van der Waals surface area (Å²) in [6.07, 6.45) is 9.44. The van der Waals surface area contributed by atoms with E-state index >= 15 is 0 Å². The van der Waals surface area contributed by atoms with Crippen LogP contribution in [0.4, 0.5) is 5.69 Å². The zero-order valence-corrected chi connectivity index (χ0v) is 23.0. The molecule has 5 rings (SSSR count). The molecular formula is C31H42N4O2. The summed E-state index contributed by atoms with van der Waals surface area (Å²) in [5.41, 5.74) is 6.52. The number of aromatic nitrogens is 1. The van der Waals surface area contributed by atoms with Gasteiger partial charge in [-0.05, 0) is 87.8 Å². The van der Waals surface area contributed by atoms with Crippen LogP contribution in [0.2, 0.25) is 0 Å². The third-order valence-electron chi connectivity index (χ3n) is 8.97. The smallest absolute Gasteiger partial charge is 0.253 e. The van der Waals surface area contributed by atoms with Gasteiger partial charge in [0.15, 0.2) is 0 Å². The van der Waals surface area contributed by atoms with Gasteiger partial charge in [-0.1, -0.05) is 25.3 Å². The monoisotopic (exact) mass is 502 g/mol. The highest BCUT2D eigenvalue weighted by atomic mass is 16.2. The van der Waals surface area contributed by atoms with Crippen LogP contribution in [0.25, 0.3) is 0 Å². The SMILES string of the molecule is Cc1cc(N2CCC(N(C)C(=O)c3ccc4c(c3)C(N(C)C(=O)C3CCCCC3)CC4)CC2)cc(C)n1. The van der Waals surface area contributed by atoms with Crippen molar-refractivity contribution in [2.24, 2.45) is 5.92 Å². The van der Waals surface area contributed by atoms with E-state index in [9.17, 15) is 9.59 Å². The lowest BCUT2D eigenvalue weighted by atomic mass is 9.88. The van der Waals surface area contributed by atoms with E-state index in [0.29, 0.717) is 0 Å². The van der Waals surface area contributed by atoms with Crippen molar-refractivity contribution in [3.05, 3.63) is 58.4 Å². The average Bonchev–Trinajstić information content (AvgIpc) is 3.35. The lowest BCUT2D eigenvalue weighted by Gasteiger charge is -2.38. The maximum absolute atomic E-state index is 13.6. The van der Waals surface area contributed by atoms with Crippen molar-refractivity contribution >= 4 is 17.5 Å². The molecule has 1 atom stereocenters. The number of hydrogen-bond acceptors (Lipinski definition) is 4. The molecule has 6 nitrogen and oxygen atoms in total. The van der Waals surface area contributed by atoms with E-state index < -0.39 is 0 Å². The van der Waals surface area contributed by atoms with Crippen molar-refractivity contribution in [3.8, 4) is 0 Å². The average molecular weight is 503 g/mol. The van der Waals surface area contributed by atoms with Gasteiger partial charge in [0.25, 0.3) is 5.91 Å². The van der Waals surface area contributed by atoms with Crippen LogP contribution in [-0.4, -0.2) is 59.8 Å².